The molecule has 2 aromatic heterocycles. The van der Waals surface area contributed by atoms with Gasteiger partial charge in [-0.25, -0.2) is 14.6 Å². The fourth-order valence-electron chi connectivity index (χ4n) is 2.59. The highest BCUT2D eigenvalue weighted by Crippen LogP contribution is 2.27. The number of anilines is 1. The Kier molecular flexibility index (Phi) is 5.07. The summed E-state index contributed by atoms with van der Waals surface area (Å²) in [6.45, 7) is 5.91. The number of benzene rings is 1. The lowest BCUT2D eigenvalue weighted by Crippen LogP contribution is -2.13. The van der Waals surface area contributed by atoms with Gasteiger partial charge >= 0.3 is 0 Å². The van der Waals surface area contributed by atoms with Crippen LogP contribution >= 0.6 is 0 Å². The van der Waals surface area contributed by atoms with E-state index in [-0.39, 0.29) is 5.91 Å². The lowest BCUT2D eigenvalue weighted by atomic mass is 10.2. The number of carbonyl (C=O) groups excluding carboxylic acids is 1. The Morgan fingerprint density at radius 2 is 1.70 bits per heavy atom. The largest absolute Gasteiger partial charge is 0.493 e. The molecule has 0 unspecified atom stereocenters. The molecular formula is C19H21N5O3. The van der Waals surface area contributed by atoms with Gasteiger partial charge in [0.2, 0.25) is 0 Å². The van der Waals surface area contributed by atoms with Crippen LogP contribution in [-0.2, 0) is 0 Å². The number of aryl methyl sites for hydroxylation is 1. The lowest BCUT2D eigenvalue weighted by Gasteiger charge is -2.10. The van der Waals surface area contributed by atoms with E-state index in [1.807, 2.05) is 20.8 Å². The zero-order valence-electron chi connectivity index (χ0n) is 15.9. The Morgan fingerprint density at radius 3 is 2.26 bits per heavy atom. The standard InChI is InChI=1S/C19H21N5O3/c1-11-12(2)23-24(13(11)3)19-20-9-15(10-21-19)22-18(25)14-6-7-16(26-4)17(8-14)27-5/h6-10H,1-5H3,(H,22,25). The number of ether oxygens (including phenoxy) is 2. The van der Waals surface area contributed by atoms with E-state index in [1.165, 1.54) is 7.11 Å². The van der Waals surface area contributed by atoms with Gasteiger partial charge in [0.05, 0.1) is 38.0 Å². The van der Waals surface area contributed by atoms with Crippen LogP contribution in [0.5, 0.6) is 11.5 Å². The summed E-state index contributed by atoms with van der Waals surface area (Å²) < 4.78 is 12.1. The minimum absolute atomic E-state index is 0.297. The van der Waals surface area contributed by atoms with Crippen molar-refractivity contribution in [2.45, 2.75) is 20.8 Å². The first-order chi connectivity index (χ1) is 12.9. The molecule has 0 saturated carbocycles. The molecule has 1 aromatic carbocycles. The summed E-state index contributed by atoms with van der Waals surface area (Å²) in [6.07, 6.45) is 3.10. The van der Waals surface area contributed by atoms with Crippen LogP contribution in [0.25, 0.3) is 5.95 Å². The van der Waals surface area contributed by atoms with E-state index in [2.05, 4.69) is 20.4 Å². The normalized spacial score (nSPS) is 10.6. The van der Waals surface area contributed by atoms with Crippen LogP contribution in [0.1, 0.15) is 27.3 Å². The summed E-state index contributed by atoms with van der Waals surface area (Å²) in [4.78, 5) is 21.1. The van der Waals surface area contributed by atoms with Gasteiger partial charge in [-0.3, -0.25) is 4.79 Å². The van der Waals surface area contributed by atoms with Crippen molar-refractivity contribution in [1.82, 2.24) is 19.7 Å². The number of hydrogen-bond donors (Lipinski definition) is 1. The van der Waals surface area contributed by atoms with E-state index < -0.39 is 0 Å². The minimum Gasteiger partial charge on any atom is -0.493 e. The Labute approximate surface area is 157 Å². The average Bonchev–Trinajstić information content (AvgIpc) is 2.95. The molecule has 0 aliphatic rings. The number of nitrogens with one attached hydrogen (secondary N) is 1. The van der Waals surface area contributed by atoms with Gasteiger partial charge in [-0.05, 0) is 44.5 Å². The average molecular weight is 367 g/mol. The second kappa shape index (κ2) is 7.45. The van der Waals surface area contributed by atoms with Crippen LogP contribution in [0, 0.1) is 20.8 Å². The third-order valence-electron chi connectivity index (χ3n) is 4.38. The molecule has 3 aromatic rings. The van der Waals surface area contributed by atoms with E-state index in [0.717, 1.165) is 17.0 Å². The number of methoxy groups -OCH3 is 2. The minimum atomic E-state index is -0.297. The molecule has 27 heavy (non-hydrogen) atoms. The number of nitrogens with zero attached hydrogens (tertiary/aromatic N) is 4. The van der Waals surface area contributed by atoms with Crippen LogP contribution in [0.3, 0.4) is 0 Å². The molecule has 1 N–H and O–H groups in total. The molecule has 0 fully saturated rings. The molecule has 0 radical (unpaired) electrons. The highest BCUT2D eigenvalue weighted by Gasteiger charge is 2.13. The molecule has 0 atom stereocenters. The molecule has 0 saturated heterocycles. The van der Waals surface area contributed by atoms with E-state index in [1.54, 1.807) is 42.4 Å². The van der Waals surface area contributed by atoms with E-state index in [9.17, 15) is 4.79 Å². The van der Waals surface area contributed by atoms with Crippen molar-refractivity contribution in [3.05, 3.63) is 53.1 Å². The van der Waals surface area contributed by atoms with Gasteiger partial charge in [0.25, 0.3) is 11.9 Å². The fraction of sp³-hybridized carbons (Fsp3) is 0.263. The zero-order chi connectivity index (χ0) is 19.6. The zero-order valence-corrected chi connectivity index (χ0v) is 15.9. The van der Waals surface area contributed by atoms with E-state index in [0.29, 0.717) is 28.7 Å². The first-order valence-corrected chi connectivity index (χ1v) is 8.33. The summed E-state index contributed by atoms with van der Waals surface area (Å²) in [6, 6.07) is 4.95. The lowest BCUT2D eigenvalue weighted by molar-refractivity contribution is 0.102. The van der Waals surface area contributed by atoms with Crippen LogP contribution in [-0.4, -0.2) is 39.9 Å². The van der Waals surface area contributed by atoms with Crippen molar-refractivity contribution >= 4 is 11.6 Å². The molecule has 0 bridgehead atoms. The summed E-state index contributed by atoms with van der Waals surface area (Å²) in [7, 11) is 3.06. The van der Waals surface area contributed by atoms with Crippen LogP contribution in [0.2, 0.25) is 0 Å². The molecule has 2 heterocycles. The molecule has 0 aliphatic heterocycles. The van der Waals surface area contributed by atoms with Crippen molar-refractivity contribution in [1.29, 1.82) is 0 Å². The van der Waals surface area contributed by atoms with Gasteiger partial charge in [-0.15, -0.1) is 0 Å². The van der Waals surface area contributed by atoms with Crippen molar-refractivity contribution in [2.75, 3.05) is 19.5 Å². The predicted octanol–water partition coefficient (Wildman–Crippen LogP) is 2.86. The second-order valence-corrected chi connectivity index (χ2v) is 6.00. The Morgan fingerprint density at radius 1 is 1.04 bits per heavy atom. The Balaban J connectivity index is 1.78. The van der Waals surface area contributed by atoms with Crippen LogP contribution in [0.4, 0.5) is 5.69 Å². The van der Waals surface area contributed by atoms with Gasteiger partial charge in [0.15, 0.2) is 11.5 Å². The maximum Gasteiger partial charge on any atom is 0.255 e. The Bertz CT molecular complexity index is 980. The van der Waals surface area contributed by atoms with Crippen LogP contribution < -0.4 is 14.8 Å². The summed E-state index contributed by atoms with van der Waals surface area (Å²) in [5.41, 5.74) is 3.93. The van der Waals surface area contributed by atoms with Crippen molar-refractivity contribution < 1.29 is 14.3 Å². The topological polar surface area (TPSA) is 91.2 Å². The molecule has 1 amide bonds. The van der Waals surface area contributed by atoms with Gasteiger partial charge in [0, 0.05) is 11.3 Å². The number of rotatable bonds is 5. The van der Waals surface area contributed by atoms with E-state index >= 15 is 0 Å². The SMILES string of the molecule is COc1ccc(C(=O)Nc2cnc(-n3nc(C)c(C)c3C)nc2)cc1OC. The van der Waals surface area contributed by atoms with Crippen molar-refractivity contribution in [3.63, 3.8) is 0 Å². The third-order valence-corrected chi connectivity index (χ3v) is 4.38. The van der Waals surface area contributed by atoms with Gasteiger partial charge < -0.3 is 14.8 Å². The monoisotopic (exact) mass is 367 g/mol. The second-order valence-electron chi connectivity index (χ2n) is 6.00. The molecular weight excluding hydrogens is 346 g/mol. The Hall–Kier alpha value is -3.42. The number of carbonyl (C=O) groups is 1. The number of amides is 1. The smallest absolute Gasteiger partial charge is 0.255 e. The highest BCUT2D eigenvalue weighted by molar-refractivity contribution is 6.04. The number of aromatic nitrogens is 4. The molecule has 0 spiro atoms. The predicted molar refractivity (Wildman–Crippen MR) is 101 cm³/mol. The van der Waals surface area contributed by atoms with Gasteiger partial charge in [0.1, 0.15) is 0 Å². The summed E-state index contributed by atoms with van der Waals surface area (Å²) >= 11 is 0. The molecule has 8 heteroatoms. The van der Waals surface area contributed by atoms with E-state index in [4.69, 9.17) is 9.47 Å². The maximum atomic E-state index is 12.5. The van der Waals surface area contributed by atoms with Crippen molar-refractivity contribution in [3.8, 4) is 17.4 Å². The molecule has 0 aliphatic carbocycles. The maximum absolute atomic E-state index is 12.5. The highest BCUT2D eigenvalue weighted by atomic mass is 16.5. The fourth-order valence-corrected chi connectivity index (χ4v) is 2.59. The molecule has 8 nitrogen and oxygen atoms in total. The first-order valence-electron chi connectivity index (χ1n) is 8.33. The number of hydrogen-bond acceptors (Lipinski definition) is 6. The van der Waals surface area contributed by atoms with Crippen molar-refractivity contribution in [2.24, 2.45) is 0 Å². The summed E-state index contributed by atoms with van der Waals surface area (Å²) in [5.74, 6) is 1.20. The third kappa shape index (κ3) is 3.59. The van der Waals surface area contributed by atoms with Gasteiger partial charge in [-0.2, -0.15) is 5.10 Å². The van der Waals surface area contributed by atoms with Gasteiger partial charge in [-0.1, -0.05) is 0 Å². The first kappa shape index (κ1) is 18.4. The molecule has 140 valence electrons. The molecule has 3 rings (SSSR count). The quantitative estimate of drug-likeness (QED) is 0.746. The van der Waals surface area contributed by atoms with Crippen LogP contribution in [0.15, 0.2) is 30.6 Å². The summed E-state index contributed by atoms with van der Waals surface area (Å²) in [5, 5.41) is 7.20.